The van der Waals surface area contributed by atoms with Crippen LogP contribution < -0.4 is 5.32 Å². The lowest BCUT2D eigenvalue weighted by Crippen LogP contribution is -2.35. The van der Waals surface area contributed by atoms with Crippen molar-refractivity contribution in [3.05, 3.63) is 12.2 Å². The Balaban J connectivity index is 2.05. The maximum atomic E-state index is 11.5. The van der Waals surface area contributed by atoms with Crippen molar-refractivity contribution in [3.63, 3.8) is 0 Å². The Labute approximate surface area is 129 Å². The summed E-state index contributed by atoms with van der Waals surface area (Å²) in [5.74, 6) is -1.05. The van der Waals surface area contributed by atoms with E-state index in [0.717, 1.165) is 4.90 Å². The number of hydrogen-bond donors (Lipinski definition) is 1. The standard InChI is InChI=1S/C12H15IN2O5/c13-9(16)4-7-20-8-5-14-10(17)3-6-15-11(18)1-2-12(15)19/h1-2H,3-8H2,(H,14,17). The Bertz CT molecular complexity index is 418. The molecule has 1 aliphatic heterocycles. The van der Waals surface area contributed by atoms with Gasteiger partial charge in [0.1, 0.15) is 0 Å². The van der Waals surface area contributed by atoms with Gasteiger partial charge in [-0.05, 0) is 22.6 Å². The fraction of sp³-hybridized carbons (Fsp3) is 0.500. The summed E-state index contributed by atoms with van der Waals surface area (Å²) >= 11 is 1.69. The number of hydrogen-bond acceptors (Lipinski definition) is 5. The number of carbonyl (C=O) groups is 4. The lowest BCUT2D eigenvalue weighted by molar-refractivity contribution is -0.137. The largest absolute Gasteiger partial charge is 0.379 e. The first-order valence-corrected chi connectivity index (χ1v) is 7.15. The van der Waals surface area contributed by atoms with E-state index >= 15 is 0 Å². The van der Waals surface area contributed by atoms with E-state index in [0.29, 0.717) is 26.2 Å². The molecule has 0 saturated heterocycles. The molecule has 1 rings (SSSR count). The van der Waals surface area contributed by atoms with Crippen LogP contribution in [0.3, 0.4) is 0 Å². The Morgan fingerprint density at radius 3 is 2.40 bits per heavy atom. The van der Waals surface area contributed by atoms with Gasteiger partial charge < -0.3 is 10.1 Å². The number of nitrogens with one attached hydrogen (secondary N) is 1. The summed E-state index contributed by atoms with van der Waals surface area (Å²) in [7, 11) is 0. The van der Waals surface area contributed by atoms with Crippen molar-refractivity contribution < 1.29 is 23.9 Å². The molecular formula is C12H15IN2O5. The second-order valence-corrected chi connectivity index (χ2v) is 5.18. The molecule has 0 spiro atoms. The van der Waals surface area contributed by atoms with Crippen molar-refractivity contribution in [2.45, 2.75) is 12.8 Å². The van der Waals surface area contributed by atoms with E-state index in [-0.39, 0.29) is 22.7 Å². The van der Waals surface area contributed by atoms with E-state index in [2.05, 4.69) is 5.32 Å². The minimum atomic E-state index is -0.394. The topological polar surface area (TPSA) is 92.8 Å². The Hall–Kier alpha value is -1.29. The highest BCUT2D eigenvalue weighted by atomic mass is 127. The molecule has 0 radical (unpaired) electrons. The Morgan fingerprint density at radius 2 is 1.80 bits per heavy atom. The molecule has 0 aromatic heterocycles. The van der Waals surface area contributed by atoms with E-state index < -0.39 is 11.8 Å². The van der Waals surface area contributed by atoms with Crippen molar-refractivity contribution in [1.82, 2.24) is 10.2 Å². The highest BCUT2D eigenvalue weighted by Gasteiger charge is 2.23. The summed E-state index contributed by atoms with van der Waals surface area (Å²) in [6.07, 6.45) is 2.77. The second-order valence-electron chi connectivity index (χ2n) is 3.98. The van der Waals surface area contributed by atoms with Crippen molar-refractivity contribution in [3.8, 4) is 0 Å². The van der Waals surface area contributed by atoms with Gasteiger partial charge in [0.2, 0.25) is 5.91 Å². The zero-order valence-corrected chi connectivity index (χ0v) is 12.9. The van der Waals surface area contributed by atoms with E-state index in [4.69, 9.17) is 4.74 Å². The number of rotatable bonds is 9. The Morgan fingerprint density at radius 1 is 1.15 bits per heavy atom. The van der Waals surface area contributed by atoms with Gasteiger partial charge in [0, 0.05) is 38.1 Å². The summed E-state index contributed by atoms with van der Waals surface area (Å²) in [4.78, 5) is 45.5. The van der Waals surface area contributed by atoms with Crippen LogP contribution in [-0.4, -0.2) is 52.7 Å². The first-order valence-electron chi connectivity index (χ1n) is 6.07. The molecule has 1 heterocycles. The minimum Gasteiger partial charge on any atom is -0.379 e. The molecule has 0 saturated carbocycles. The van der Waals surface area contributed by atoms with Gasteiger partial charge in [0.25, 0.3) is 11.8 Å². The molecule has 20 heavy (non-hydrogen) atoms. The number of imide groups is 1. The first-order chi connectivity index (χ1) is 9.50. The maximum absolute atomic E-state index is 11.5. The van der Waals surface area contributed by atoms with Crippen LogP contribution >= 0.6 is 22.6 Å². The number of carbonyl (C=O) groups excluding carboxylic acids is 4. The molecule has 0 fully saturated rings. The lowest BCUT2D eigenvalue weighted by atomic mass is 10.3. The van der Waals surface area contributed by atoms with Crippen LogP contribution in [0.5, 0.6) is 0 Å². The van der Waals surface area contributed by atoms with Crippen LogP contribution in [0.25, 0.3) is 0 Å². The van der Waals surface area contributed by atoms with Gasteiger partial charge in [0.15, 0.2) is 3.79 Å². The van der Waals surface area contributed by atoms with Crippen molar-refractivity contribution in [2.24, 2.45) is 0 Å². The first kappa shape index (κ1) is 16.8. The monoisotopic (exact) mass is 394 g/mol. The molecule has 8 heteroatoms. The number of halogens is 1. The smallest absolute Gasteiger partial charge is 0.253 e. The van der Waals surface area contributed by atoms with Crippen molar-refractivity contribution in [2.75, 3.05) is 26.3 Å². The fourth-order valence-corrected chi connectivity index (χ4v) is 1.69. The number of amides is 3. The summed E-state index contributed by atoms with van der Waals surface area (Å²) in [5, 5.41) is 2.60. The second kappa shape index (κ2) is 8.80. The zero-order chi connectivity index (χ0) is 15.0. The highest BCUT2D eigenvalue weighted by Crippen LogP contribution is 2.03. The van der Waals surface area contributed by atoms with Crippen LogP contribution in [0.1, 0.15) is 12.8 Å². The highest BCUT2D eigenvalue weighted by molar-refractivity contribution is 14.1. The molecule has 110 valence electrons. The third kappa shape index (κ3) is 6.24. The van der Waals surface area contributed by atoms with Gasteiger partial charge >= 0.3 is 0 Å². The average Bonchev–Trinajstić information content (AvgIpc) is 2.70. The molecule has 3 amide bonds. The molecule has 0 aromatic rings. The van der Waals surface area contributed by atoms with Crippen LogP contribution in [0.4, 0.5) is 0 Å². The van der Waals surface area contributed by atoms with Gasteiger partial charge in [0.05, 0.1) is 13.2 Å². The van der Waals surface area contributed by atoms with Crippen LogP contribution in [0.15, 0.2) is 12.2 Å². The third-order valence-electron chi connectivity index (χ3n) is 2.47. The molecule has 0 aromatic carbocycles. The molecule has 0 unspecified atom stereocenters. The molecule has 0 atom stereocenters. The minimum absolute atomic E-state index is 0.0280. The molecule has 0 bridgehead atoms. The lowest BCUT2D eigenvalue weighted by Gasteiger charge is -2.13. The number of ether oxygens (including phenoxy) is 1. The van der Waals surface area contributed by atoms with E-state index in [1.165, 1.54) is 12.2 Å². The molecule has 1 N–H and O–H groups in total. The molecule has 7 nitrogen and oxygen atoms in total. The fourth-order valence-electron chi connectivity index (χ4n) is 1.47. The molecule has 1 aliphatic rings. The van der Waals surface area contributed by atoms with Gasteiger partial charge in [-0.1, -0.05) is 0 Å². The maximum Gasteiger partial charge on any atom is 0.253 e. The predicted octanol–water partition coefficient (Wildman–Crippen LogP) is -0.214. The summed E-state index contributed by atoms with van der Waals surface area (Å²) in [6, 6.07) is 0. The van der Waals surface area contributed by atoms with E-state index in [1.54, 1.807) is 22.6 Å². The molecular weight excluding hydrogens is 379 g/mol. The van der Waals surface area contributed by atoms with Gasteiger partial charge in [-0.2, -0.15) is 0 Å². The van der Waals surface area contributed by atoms with Crippen molar-refractivity contribution in [1.29, 1.82) is 0 Å². The van der Waals surface area contributed by atoms with Crippen LogP contribution in [0.2, 0.25) is 0 Å². The SMILES string of the molecule is O=C(I)CCOCCNC(=O)CCN1C(=O)C=CC1=O. The van der Waals surface area contributed by atoms with E-state index in [9.17, 15) is 19.2 Å². The zero-order valence-electron chi connectivity index (χ0n) is 10.8. The summed E-state index contributed by atoms with van der Waals surface area (Å²) in [5.41, 5.74) is 0. The van der Waals surface area contributed by atoms with Gasteiger partial charge in [-0.15, -0.1) is 0 Å². The quantitative estimate of drug-likeness (QED) is 0.253. The van der Waals surface area contributed by atoms with Crippen LogP contribution in [0, 0.1) is 0 Å². The van der Waals surface area contributed by atoms with Crippen LogP contribution in [-0.2, 0) is 23.9 Å². The summed E-state index contributed by atoms with van der Waals surface area (Å²) < 4.78 is 5.17. The van der Waals surface area contributed by atoms with Gasteiger partial charge in [-0.25, -0.2) is 0 Å². The third-order valence-corrected chi connectivity index (χ3v) is 3.01. The average molecular weight is 394 g/mol. The normalized spacial score (nSPS) is 13.9. The molecule has 0 aliphatic carbocycles. The number of nitrogens with zero attached hydrogens (tertiary/aromatic N) is 1. The summed E-state index contributed by atoms with van der Waals surface area (Å²) in [6.45, 7) is 1.05. The van der Waals surface area contributed by atoms with Crippen molar-refractivity contribution >= 4 is 44.1 Å². The van der Waals surface area contributed by atoms with Gasteiger partial charge in [-0.3, -0.25) is 24.1 Å². The Kier molecular flexibility index (Phi) is 7.37. The predicted molar refractivity (Wildman–Crippen MR) is 77.9 cm³/mol. The van der Waals surface area contributed by atoms with E-state index in [1.807, 2.05) is 0 Å².